The third-order valence-electron chi connectivity index (χ3n) is 3.63. The molecule has 0 spiro atoms. The van der Waals surface area contributed by atoms with E-state index in [4.69, 9.17) is 15.2 Å². The summed E-state index contributed by atoms with van der Waals surface area (Å²) in [6, 6.07) is 8.89. The maximum atomic E-state index is 12.8. The molecule has 0 aliphatic carbocycles. The van der Waals surface area contributed by atoms with Crippen LogP contribution in [0, 0.1) is 17.2 Å². The Morgan fingerprint density at radius 2 is 1.96 bits per heavy atom. The maximum absolute atomic E-state index is 12.8. The van der Waals surface area contributed by atoms with Gasteiger partial charge in [-0.2, -0.15) is 10.4 Å². The number of nitriles is 1. The summed E-state index contributed by atoms with van der Waals surface area (Å²) in [5, 5.41) is 13.6. The van der Waals surface area contributed by atoms with Gasteiger partial charge in [0.15, 0.2) is 5.41 Å². The van der Waals surface area contributed by atoms with Gasteiger partial charge >= 0.3 is 18.0 Å². The Morgan fingerprint density at radius 3 is 2.42 bits per heavy atom. The van der Waals surface area contributed by atoms with Crippen molar-refractivity contribution in [1.82, 2.24) is 5.43 Å². The van der Waals surface area contributed by atoms with Crippen LogP contribution in [0.3, 0.4) is 0 Å². The first-order chi connectivity index (χ1) is 12.3. The van der Waals surface area contributed by atoms with Gasteiger partial charge in [-0.15, -0.1) is 0 Å². The standard InChI is InChI=1S/C17H20N4O5/c1-4-26-15(23)17(10-18,12-8-6-5-7-9-12)13(14(22)25-3)11(2)20-21-16(19)24/h5-9,13H,4H2,1-3H3,(H3,19,21,24)/b20-11+. The number of benzene rings is 1. The number of hydrogen-bond donors (Lipinski definition) is 2. The summed E-state index contributed by atoms with van der Waals surface area (Å²) in [5.41, 5.74) is 5.08. The summed E-state index contributed by atoms with van der Waals surface area (Å²) in [6.45, 7) is 2.94. The molecule has 0 aliphatic rings. The van der Waals surface area contributed by atoms with Gasteiger partial charge < -0.3 is 15.2 Å². The van der Waals surface area contributed by atoms with Crippen molar-refractivity contribution in [2.24, 2.45) is 16.8 Å². The second-order valence-corrected chi connectivity index (χ2v) is 5.19. The molecule has 2 amide bonds. The fraction of sp³-hybridized carbons (Fsp3) is 0.353. The molecule has 0 aromatic heterocycles. The number of esters is 2. The van der Waals surface area contributed by atoms with Crippen molar-refractivity contribution < 1.29 is 23.9 Å². The molecule has 1 aromatic carbocycles. The second-order valence-electron chi connectivity index (χ2n) is 5.19. The smallest absolute Gasteiger partial charge is 0.332 e. The van der Waals surface area contributed by atoms with Crippen LogP contribution in [0.15, 0.2) is 35.4 Å². The minimum atomic E-state index is -2.06. The first-order valence-electron chi connectivity index (χ1n) is 7.66. The average molecular weight is 360 g/mol. The second kappa shape index (κ2) is 9.17. The van der Waals surface area contributed by atoms with Gasteiger partial charge in [0.25, 0.3) is 0 Å². The molecule has 0 bridgehead atoms. The molecule has 9 nitrogen and oxygen atoms in total. The SMILES string of the molecule is CCOC(=O)C(C#N)(c1ccccc1)C(C(=O)OC)/C(C)=N/NC(N)=O. The molecule has 1 aromatic rings. The lowest BCUT2D eigenvalue weighted by Gasteiger charge is -2.31. The molecule has 3 N–H and O–H groups in total. The molecule has 0 fully saturated rings. The van der Waals surface area contributed by atoms with E-state index in [0.29, 0.717) is 0 Å². The fourth-order valence-electron chi connectivity index (χ4n) is 2.51. The number of hydrogen-bond acceptors (Lipinski definition) is 7. The zero-order valence-corrected chi connectivity index (χ0v) is 14.7. The van der Waals surface area contributed by atoms with Crippen LogP contribution in [0.4, 0.5) is 4.79 Å². The molecular formula is C17H20N4O5. The number of rotatable bonds is 7. The Bertz CT molecular complexity index is 741. The number of hydrazone groups is 1. The van der Waals surface area contributed by atoms with E-state index in [1.807, 2.05) is 11.5 Å². The molecule has 9 heteroatoms. The van der Waals surface area contributed by atoms with Crippen LogP contribution >= 0.6 is 0 Å². The highest BCUT2D eigenvalue weighted by Gasteiger charge is 2.55. The lowest BCUT2D eigenvalue weighted by Crippen LogP contribution is -2.50. The number of nitrogens with one attached hydrogen (secondary N) is 1. The van der Waals surface area contributed by atoms with E-state index in [1.165, 1.54) is 19.1 Å². The molecule has 0 heterocycles. The molecule has 0 saturated carbocycles. The number of ether oxygens (including phenoxy) is 2. The Labute approximate surface area is 150 Å². The van der Waals surface area contributed by atoms with Gasteiger partial charge in [-0.25, -0.2) is 15.0 Å². The zero-order valence-electron chi connectivity index (χ0n) is 14.7. The third-order valence-corrected chi connectivity index (χ3v) is 3.63. The van der Waals surface area contributed by atoms with E-state index in [9.17, 15) is 19.6 Å². The average Bonchev–Trinajstić information content (AvgIpc) is 2.64. The van der Waals surface area contributed by atoms with E-state index >= 15 is 0 Å². The van der Waals surface area contributed by atoms with Crippen molar-refractivity contribution in [2.45, 2.75) is 19.3 Å². The summed E-state index contributed by atoms with van der Waals surface area (Å²) in [7, 11) is 1.11. The van der Waals surface area contributed by atoms with Crippen molar-refractivity contribution in [3.05, 3.63) is 35.9 Å². The van der Waals surface area contributed by atoms with Gasteiger partial charge in [0.2, 0.25) is 0 Å². The number of nitrogens with zero attached hydrogens (tertiary/aromatic N) is 2. The third kappa shape index (κ3) is 4.16. The number of amides is 2. The lowest BCUT2D eigenvalue weighted by atomic mass is 9.69. The van der Waals surface area contributed by atoms with E-state index < -0.39 is 29.3 Å². The van der Waals surface area contributed by atoms with Crippen LogP contribution in [0.5, 0.6) is 0 Å². The highest BCUT2D eigenvalue weighted by atomic mass is 16.5. The highest BCUT2D eigenvalue weighted by Crippen LogP contribution is 2.35. The molecule has 0 saturated heterocycles. The molecular weight excluding hydrogens is 340 g/mol. The maximum Gasteiger partial charge on any atom is 0.332 e. The number of carbonyl (C=O) groups is 3. The van der Waals surface area contributed by atoms with Gasteiger partial charge in [-0.3, -0.25) is 4.79 Å². The molecule has 1 rings (SSSR count). The number of urea groups is 1. The molecule has 2 atom stereocenters. The summed E-state index contributed by atoms with van der Waals surface area (Å²) < 4.78 is 9.84. The largest absolute Gasteiger partial charge is 0.468 e. The van der Waals surface area contributed by atoms with Crippen LogP contribution in [0.1, 0.15) is 19.4 Å². The van der Waals surface area contributed by atoms with E-state index in [-0.39, 0.29) is 17.9 Å². The topological polar surface area (TPSA) is 144 Å². The number of primary amides is 1. The summed E-state index contributed by atoms with van der Waals surface area (Å²) in [5.74, 6) is -3.29. The van der Waals surface area contributed by atoms with Gasteiger partial charge in [0.05, 0.1) is 25.5 Å². The molecule has 0 aliphatic heterocycles. The van der Waals surface area contributed by atoms with Crippen molar-refractivity contribution in [3.8, 4) is 6.07 Å². The van der Waals surface area contributed by atoms with Crippen LogP contribution in [0.25, 0.3) is 0 Å². The molecule has 0 radical (unpaired) electrons. The van der Waals surface area contributed by atoms with Gasteiger partial charge in [0, 0.05) is 0 Å². The quantitative estimate of drug-likeness (QED) is 0.419. The van der Waals surface area contributed by atoms with Crippen molar-refractivity contribution in [2.75, 3.05) is 13.7 Å². The van der Waals surface area contributed by atoms with E-state index in [1.54, 1.807) is 25.1 Å². The zero-order chi connectivity index (χ0) is 19.7. The minimum absolute atomic E-state index is 0.00127. The van der Waals surface area contributed by atoms with Crippen molar-refractivity contribution in [3.63, 3.8) is 0 Å². The molecule has 138 valence electrons. The van der Waals surface area contributed by atoms with Crippen molar-refractivity contribution >= 4 is 23.7 Å². The number of nitrogens with two attached hydrogens (primary N) is 1. The van der Waals surface area contributed by atoms with Gasteiger partial charge in [0.1, 0.15) is 5.92 Å². The number of methoxy groups -OCH3 is 1. The Hall–Kier alpha value is -3.41. The summed E-state index contributed by atoms with van der Waals surface area (Å²) in [6.07, 6.45) is 0. The molecule has 2 unspecified atom stereocenters. The first-order valence-corrected chi connectivity index (χ1v) is 7.66. The van der Waals surface area contributed by atoms with Gasteiger partial charge in [-0.1, -0.05) is 30.3 Å². The Balaban J connectivity index is 3.69. The predicted molar refractivity (Wildman–Crippen MR) is 91.7 cm³/mol. The normalized spacial score (nSPS) is 14.3. The van der Waals surface area contributed by atoms with E-state index in [2.05, 4.69) is 5.10 Å². The summed E-state index contributed by atoms with van der Waals surface area (Å²) >= 11 is 0. The lowest BCUT2D eigenvalue weighted by molar-refractivity contribution is -0.156. The van der Waals surface area contributed by atoms with Gasteiger partial charge in [-0.05, 0) is 19.4 Å². The van der Waals surface area contributed by atoms with Crippen LogP contribution in [-0.2, 0) is 24.5 Å². The number of carbonyl (C=O) groups excluding carboxylic acids is 3. The Kier molecular flexibility index (Phi) is 7.28. The minimum Gasteiger partial charge on any atom is -0.468 e. The first kappa shape index (κ1) is 20.6. The predicted octanol–water partition coefficient (Wildman–Crippen LogP) is 0.844. The highest BCUT2D eigenvalue weighted by molar-refractivity contribution is 6.09. The Morgan fingerprint density at radius 1 is 1.35 bits per heavy atom. The van der Waals surface area contributed by atoms with Crippen LogP contribution in [0.2, 0.25) is 0 Å². The van der Waals surface area contributed by atoms with Crippen LogP contribution < -0.4 is 11.2 Å². The summed E-state index contributed by atoms with van der Waals surface area (Å²) in [4.78, 5) is 36.2. The van der Waals surface area contributed by atoms with Crippen molar-refractivity contribution in [1.29, 1.82) is 5.26 Å². The van der Waals surface area contributed by atoms with Crippen LogP contribution in [-0.4, -0.2) is 37.4 Å². The monoisotopic (exact) mass is 360 g/mol. The molecule has 26 heavy (non-hydrogen) atoms. The fourth-order valence-corrected chi connectivity index (χ4v) is 2.51. The van der Waals surface area contributed by atoms with E-state index in [0.717, 1.165) is 7.11 Å².